The van der Waals surface area contributed by atoms with E-state index in [4.69, 9.17) is 5.11 Å². The van der Waals surface area contributed by atoms with Gasteiger partial charge >= 0.3 is 6.08 Å². The molecule has 0 amide bonds. The Labute approximate surface area is 93.2 Å². The van der Waals surface area contributed by atoms with Gasteiger partial charge in [0.2, 0.25) is 0 Å². The van der Waals surface area contributed by atoms with Crippen molar-refractivity contribution in [2.75, 3.05) is 13.2 Å². The van der Waals surface area contributed by atoms with E-state index in [1.165, 1.54) is 5.39 Å². The fourth-order valence-electron chi connectivity index (χ4n) is 1.34. The van der Waals surface area contributed by atoms with E-state index < -0.39 is 0 Å². The third-order valence-electron chi connectivity index (χ3n) is 2.08. The van der Waals surface area contributed by atoms with Crippen LogP contribution in [-0.4, -0.2) is 29.3 Å². The molecular weight excluding hydrogens is 204 g/mol. The van der Waals surface area contributed by atoms with Gasteiger partial charge in [-0.1, -0.05) is 24.3 Å². The maximum atomic E-state index is 8.26. The maximum absolute atomic E-state index is 8.26. The minimum absolute atomic E-state index is 0.171. The molecule has 1 aliphatic heterocycles. The predicted molar refractivity (Wildman–Crippen MR) is 62.6 cm³/mol. The molecule has 2 heterocycles. The van der Waals surface area contributed by atoms with Crippen LogP contribution in [0.25, 0.3) is 10.9 Å². The summed E-state index contributed by atoms with van der Waals surface area (Å²) in [5, 5.41) is 9.46. The second-order valence-corrected chi connectivity index (χ2v) is 3.21. The zero-order valence-electron chi connectivity index (χ0n) is 8.71. The number of hydrogen-bond acceptors (Lipinski definition) is 3. The molecule has 0 fully saturated rings. The largest absolute Gasteiger partial charge is 0.466 e. The average molecular weight is 216 g/mol. The lowest BCUT2D eigenvalue weighted by Gasteiger charge is -1.91. The van der Waals surface area contributed by atoms with Crippen molar-refractivity contribution in [3.8, 4) is 0 Å². The van der Waals surface area contributed by atoms with Crippen molar-refractivity contribution >= 4 is 17.0 Å². The second-order valence-electron chi connectivity index (χ2n) is 3.21. The van der Waals surface area contributed by atoms with Crippen LogP contribution >= 0.6 is 0 Å². The summed E-state index contributed by atoms with van der Waals surface area (Å²) in [6, 6.07) is 12.1. The molecule has 16 heavy (non-hydrogen) atoms. The fourth-order valence-corrected chi connectivity index (χ4v) is 1.34. The molecule has 1 N–H and O–H groups in total. The van der Waals surface area contributed by atoms with Gasteiger partial charge in [-0.15, -0.1) is 0 Å². The van der Waals surface area contributed by atoms with Gasteiger partial charge in [0, 0.05) is 11.6 Å². The molecule has 0 spiro atoms. The Morgan fingerprint density at radius 1 is 1.12 bits per heavy atom. The van der Waals surface area contributed by atoms with Gasteiger partial charge in [-0.2, -0.15) is 0 Å². The van der Waals surface area contributed by atoms with E-state index in [2.05, 4.69) is 26.8 Å². The summed E-state index contributed by atoms with van der Waals surface area (Å²) in [4.78, 5) is 7.67. The molecular formula is C12H12N2O2. The summed E-state index contributed by atoms with van der Waals surface area (Å²) in [6.45, 7) is 1.14. The molecule has 0 unspecified atom stereocenters. The fraction of sp³-hybridized carbons (Fsp3) is 0.167. The maximum Gasteiger partial charge on any atom is 0.381 e. The number of rotatable bonds is 0. The number of ether oxygens (including phenoxy) is 1. The second kappa shape index (κ2) is 5.11. The lowest BCUT2D eigenvalue weighted by atomic mass is 10.2. The van der Waals surface area contributed by atoms with Crippen LogP contribution in [0.3, 0.4) is 0 Å². The number of para-hydroxylation sites is 1. The van der Waals surface area contributed by atoms with Crippen LogP contribution in [0, 0.1) is 0 Å². The zero-order valence-corrected chi connectivity index (χ0v) is 8.71. The van der Waals surface area contributed by atoms with E-state index in [0.29, 0.717) is 13.2 Å². The monoisotopic (exact) mass is 216 g/mol. The topological polar surface area (TPSA) is 54.7 Å². The first-order chi connectivity index (χ1) is 7.86. The highest BCUT2D eigenvalue weighted by Gasteiger charge is 2.00. The lowest BCUT2D eigenvalue weighted by Crippen LogP contribution is -1.93. The quantitative estimate of drug-likeness (QED) is 0.734. The third kappa shape index (κ3) is 2.70. The molecule has 4 heteroatoms. The van der Waals surface area contributed by atoms with Crippen LogP contribution in [-0.2, 0) is 4.74 Å². The van der Waals surface area contributed by atoms with Crippen molar-refractivity contribution in [3.63, 3.8) is 0 Å². The first-order valence-electron chi connectivity index (χ1n) is 5.02. The summed E-state index contributed by atoms with van der Waals surface area (Å²) in [5.74, 6) is 0. The minimum atomic E-state index is -0.171. The summed E-state index contributed by atoms with van der Waals surface area (Å²) >= 11 is 0. The number of pyridine rings is 1. The van der Waals surface area contributed by atoms with E-state index in [1.54, 1.807) is 0 Å². The Morgan fingerprint density at radius 3 is 2.56 bits per heavy atom. The SMILES string of the molecule is OC1=NCCO1.c1ccc2ncccc2c1. The van der Waals surface area contributed by atoms with Crippen molar-refractivity contribution in [2.45, 2.75) is 0 Å². The zero-order chi connectivity index (χ0) is 11.2. The Bertz CT molecular complexity index is 432. The van der Waals surface area contributed by atoms with Crippen molar-refractivity contribution in [1.29, 1.82) is 0 Å². The number of aliphatic hydroxyl groups is 1. The lowest BCUT2D eigenvalue weighted by molar-refractivity contribution is 0.266. The molecule has 1 aromatic carbocycles. The molecule has 0 radical (unpaired) electrons. The number of aromatic nitrogens is 1. The number of hydrogen-bond donors (Lipinski definition) is 1. The molecule has 4 nitrogen and oxygen atoms in total. The van der Waals surface area contributed by atoms with E-state index in [0.717, 1.165) is 5.52 Å². The summed E-state index contributed by atoms with van der Waals surface area (Å²) in [6.07, 6.45) is 1.64. The number of fused-ring (bicyclic) bond motifs is 1. The predicted octanol–water partition coefficient (Wildman–Crippen LogP) is 2.17. The molecule has 0 aliphatic carbocycles. The third-order valence-corrected chi connectivity index (χ3v) is 2.08. The van der Waals surface area contributed by atoms with E-state index >= 15 is 0 Å². The average Bonchev–Trinajstić information content (AvgIpc) is 2.81. The molecule has 0 bridgehead atoms. The highest BCUT2D eigenvalue weighted by atomic mass is 16.6. The van der Waals surface area contributed by atoms with Gasteiger partial charge in [0.25, 0.3) is 0 Å². The number of aliphatic imine (C=N–C) groups is 1. The molecule has 0 saturated heterocycles. The van der Waals surface area contributed by atoms with Crippen LogP contribution < -0.4 is 0 Å². The van der Waals surface area contributed by atoms with E-state index in [9.17, 15) is 0 Å². The van der Waals surface area contributed by atoms with Crippen LogP contribution in [0.4, 0.5) is 0 Å². The van der Waals surface area contributed by atoms with Crippen molar-refractivity contribution in [3.05, 3.63) is 42.6 Å². The van der Waals surface area contributed by atoms with Gasteiger partial charge in [0.1, 0.15) is 6.61 Å². The van der Waals surface area contributed by atoms with Crippen molar-refractivity contribution in [1.82, 2.24) is 4.98 Å². The highest BCUT2D eigenvalue weighted by Crippen LogP contribution is 2.07. The molecule has 1 aromatic heterocycles. The van der Waals surface area contributed by atoms with Crippen molar-refractivity contribution in [2.24, 2.45) is 4.99 Å². The standard InChI is InChI=1S/C9H7N.C3H5NO2/c1-2-6-9-8(4-1)5-3-7-10-9;5-3-4-1-2-6-3/h1-7H;1-2H2,(H,4,5). The smallest absolute Gasteiger partial charge is 0.381 e. The molecule has 0 atom stereocenters. The van der Waals surface area contributed by atoms with Gasteiger partial charge in [0.05, 0.1) is 12.1 Å². The summed E-state index contributed by atoms with van der Waals surface area (Å²) in [7, 11) is 0. The van der Waals surface area contributed by atoms with Gasteiger partial charge in [-0.3, -0.25) is 4.98 Å². The van der Waals surface area contributed by atoms with Gasteiger partial charge in [-0.25, -0.2) is 4.99 Å². The minimum Gasteiger partial charge on any atom is -0.466 e. The van der Waals surface area contributed by atoms with Crippen LogP contribution in [0.2, 0.25) is 0 Å². The highest BCUT2D eigenvalue weighted by molar-refractivity contribution is 5.77. The molecule has 82 valence electrons. The number of aliphatic hydroxyl groups excluding tert-OH is 1. The van der Waals surface area contributed by atoms with Crippen LogP contribution in [0.1, 0.15) is 0 Å². The Kier molecular flexibility index (Phi) is 3.33. The Hall–Kier alpha value is -2.10. The Balaban J connectivity index is 0.000000138. The van der Waals surface area contributed by atoms with Gasteiger partial charge in [0.15, 0.2) is 0 Å². The summed E-state index contributed by atoms with van der Waals surface area (Å²) < 4.78 is 4.46. The normalized spacial score (nSPS) is 13.6. The van der Waals surface area contributed by atoms with Crippen molar-refractivity contribution < 1.29 is 9.84 Å². The van der Waals surface area contributed by atoms with Gasteiger partial charge < -0.3 is 9.84 Å². The first-order valence-corrected chi connectivity index (χ1v) is 5.02. The first kappa shape index (κ1) is 10.4. The number of nitrogens with zero attached hydrogens (tertiary/aromatic N) is 2. The number of benzene rings is 1. The molecule has 0 saturated carbocycles. The molecule has 3 rings (SSSR count). The van der Waals surface area contributed by atoms with Gasteiger partial charge in [-0.05, 0) is 12.1 Å². The summed E-state index contributed by atoms with van der Waals surface area (Å²) in [5.41, 5.74) is 1.06. The Morgan fingerprint density at radius 2 is 1.94 bits per heavy atom. The van der Waals surface area contributed by atoms with E-state index in [1.807, 2.05) is 30.5 Å². The molecule has 2 aromatic rings. The van der Waals surface area contributed by atoms with Crippen LogP contribution in [0.5, 0.6) is 0 Å². The van der Waals surface area contributed by atoms with Crippen LogP contribution in [0.15, 0.2) is 47.6 Å². The van der Waals surface area contributed by atoms with E-state index in [-0.39, 0.29) is 6.08 Å². The molecule has 1 aliphatic rings.